The Hall–Kier alpha value is -3.71. The van der Waals surface area contributed by atoms with Crippen LogP contribution >= 0.6 is 0 Å². The van der Waals surface area contributed by atoms with E-state index >= 15 is 0 Å². The summed E-state index contributed by atoms with van der Waals surface area (Å²) in [5, 5.41) is 8.39. The third kappa shape index (κ3) is 5.83. The average molecular weight is 500 g/mol. The highest BCUT2D eigenvalue weighted by Gasteiger charge is 2.18. The van der Waals surface area contributed by atoms with Crippen molar-refractivity contribution in [3.05, 3.63) is 87.0 Å². The van der Waals surface area contributed by atoms with Crippen molar-refractivity contribution in [2.45, 2.75) is 59.7 Å². The monoisotopic (exact) mass is 499 g/mol. The molecular formula is C30H37N5O2. The summed E-state index contributed by atoms with van der Waals surface area (Å²) in [6.07, 6.45) is 3.48. The van der Waals surface area contributed by atoms with Gasteiger partial charge in [-0.3, -0.25) is 14.3 Å². The number of H-pyrrole nitrogens is 1. The lowest BCUT2D eigenvalue weighted by atomic mass is 9.98. The van der Waals surface area contributed by atoms with Crippen LogP contribution < -0.4 is 10.9 Å². The number of hydrogen-bond donors (Lipinski definition) is 2. The van der Waals surface area contributed by atoms with Gasteiger partial charge in [0.1, 0.15) is 0 Å². The Morgan fingerprint density at radius 2 is 1.84 bits per heavy atom. The molecule has 37 heavy (non-hydrogen) atoms. The van der Waals surface area contributed by atoms with Crippen molar-refractivity contribution in [3.8, 4) is 11.1 Å². The highest BCUT2D eigenvalue weighted by Crippen LogP contribution is 2.30. The molecule has 2 heterocycles. The summed E-state index contributed by atoms with van der Waals surface area (Å²) in [5.74, 6) is -0.221. The van der Waals surface area contributed by atoms with Gasteiger partial charge in [-0.1, -0.05) is 37.6 Å². The number of hydrogen-bond acceptors (Lipinski definition) is 4. The number of fused-ring (bicyclic) bond motifs is 1. The smallest absolute Gasteiger partial charge is 0.253 e. The molecule has 0 atom stereocenters. The Morgan fingerprint density at radius 1 is 1.11 bits per heavy atom. The molecule has 4 aromatic rings. The molecule has 0 fully saturated rings. The summed E-state index contributed by atoms with van der Waals surface area (Å²) in [7, 11) is 4.10. The molecule has 0 radical (unpaired) electrons. The number of nitrogens with one attached hydrogen (secondary N) is 2. The molecule has 0 aliphatic heterocycles. The van der Waals surface area contributed by atoms with E-state index in [1.807, 2.05) is 23.7 Å². The minimum atomic E-state index is -0.221. The van der Waals surface area contributed by atoms with E-state index in [2.05, 4.69) is 85.5 Å². The van der Waals surface area contributed by atoms with Gasteiger partial charge in [0.15, 0.2) is 0 Å². The molecule has 194 valence electrons. The highest BCUT2D eigenvalue weighted by molar-refractivity contribution is 6.08. The quantitative estimate of drug-likeness (QED) is 0.331. The van der Waals surface area contributed by atoms with E-state index in [1.54, 1.807) is 6.20 Å². The van der Waals surface area contributed by atoms with Crippen molar-refractivity contribution in [2.75, 3.05) is 14.1 Å². The molecule has 0 spiro atoms. The van der Waals surface area contributed by atoms with Crippen LogP contribution in [0.5, 0.6) is 0 Å². The summed E-state index contributed by atoms with van der Waals surface area (Å²) >= 11 is 0. The van der Waals surface area contributed by atoms with Crippen LogP contribution in [-0.4, -0.2) is 39.7 Å². The molecule has 2 aromatic heterocycles. The van der Waals surface area contributed by atoms with Crippen molar-refractivity contribution in [1.82, 2.24) is 25.0 Å². The van der Waals surface area contributed by atoms with Gasteiger partial charge in [0.25, 0.3) is 11.5 Å². The van der Waals surface area contributed by atoms with Crippen LogP contribution in [0.4, 0.5) is 0 Å². The van der Waals surface area contributed by atoms with Crippen LogP contribution in [-0.2, 0) is 19.5 Å². The summed E-state index contributed by atoms with van der Waals surface area (Å²) in [6, 6.07) is 14.6. The van der Waals surface area contributed by atoms with Crippen LogP contribution in [0.3, 0.4) is 0 Å². The van der Waals surface area contributed by atoms with Crippen molar-refractivity contribution in [2.24, 2.45) is 0 Å². The van der Waals surface area contributed by atoms with E-state index in [9.17, 15) is 9.59 Å². The SMILES string of the molecule is CCCc1cc(C)[nH]c(=O)c1CNC(=O)c1cc(-c2ccc(CN(C)C)cc2)cc2c1cnn2C(C)C. The fourth-order valence-corrected chi connectivity index (χ4v) is 4.81. The van der Waals surface area contributed by atoms with Crippen LogP contribution in [0, 0.1) is 6.92 Å². The Bertz CT molecular complexity index is 1460. The largest absolute Gasteiger partial charge is 0.348 e. The molecule has 0 aliphatic carbocycles. The predicted molar refractivity (Wildman–Crippen MR) is 150 cm³/mol. The molecule has 1 amide bonds. The fourth-order valence-electron chi connectivity index (χ4n) is 4.81. The Balaban J connectivity index is 1.72. The summed E-state index contributed by atoms with van der Waals surface area (Å²) in [6.45, 7) is 9.16. The zero-order valence-corrected chi connectivity index (χ0v) is 22.7. The average Bonchev–Trinajstić information content (AvgIpc) is 3.27. The van der Waals surface area contributed by atoms with Crippen molar-refractivity contribution in [1.29, 1.82) is 0 Å². The molecule has 0 unspecified atom stereocenters. The van der Waals surface area contributed by atoms with Crippen molar-refractivity contribution < 1.29 is 4.79 Å². The molecule has 0 saturated carbocycles. The maximum absolute atomic E-state index is 13.6. The molecule has 0 saturated heterocycles. The van der Waals surface area contributed by atoms with Crippen LogP contribution in [0.1, 0.15) is 66.0 Å². The number of aromatic amines is 1. The molecule has 0 aliphatic rings. The maximum Gasteiger partial charge on any atom is 0.253 e. The number of benzene rings is 2. The van der Waals surface area contributed by atoms with Crippen LogP contribution in [0.25, 0.3) is 22.0 Å². The minimum Gasteiger partial charge on any atom is -0.348 e. The van der Waals surface area contributed by atoms with Crippen molar-refractivity contribution >= 4 is 16.8 Å². The number of aryl methyl sites for hydroxylation is 2. The molecule has 0 bridgehead atoms. The molecule has 7 nitrogen and oxygen atoms in total. The molecule has 4 rings (SSSR count). The van der Waals surface area contributed by atoms with E-state index in [0.717, 1.165) is 52.7 Å². The normalized spacial score (nSPS) is 11.6. The first kappa shape index (κ1) is 26.4. The van der Waals surface area contributed by atoms with Gasteiger partial charge >= 0.3 is 0 Å². The first-order valence-corrected chi connectivity index (χ1v) is 12.9. The number of aromatic nitrogens is 3. The zero-order valence-electron chi connectivity index (χ0n) is 22.7. The number of carbonyl (C=O) groups is 1. The van der Waals surface area contributed by atoms with Gasteiger partial charge in [-0.05, 0) is 81.7 Å². The van der Waals surface area contributed by atoms with Gasteiger partial charge in [-0.15, -0.1) is 0 Å². The van der Waals surface area contributed by atoms with E-state index in [0.29, 0.717) is 11.1 Å². The van der Waals surface area contributed by atoms with E-state index < -0.39 is 0 Å². The summed E-state index contributed by atoms with van der Waals surface area (Å²) < 4.78 is 1.94. The van der Waals surface area contributed by atoms with Gasteiger partial charge in [-0.25, -0.2) is 0 Å². The van der Waals surface area contributed by atoms with Gasteiger partial charge < -0.3 is 15.2 Å². The van der Waals surface area contributed by atoms with Crippen molar-refractivity contribution in [3.63, 3.8) is 0 Å². The summed E-state index contributed by atoms with van der Waals surface area (Å²) in [5.41, 5.74) is 6.96. The van der Waals surface area contributed by atoms with Crippen LogP contribution in [0.15, 0.2) is 53.5 Å². The van der Waals surface area contributed by atoms with Crippen LogP contribution in [0.2, 0.25) is 0 Å². The van der Waals surface area contributed by atoms with E-state index in [4.69, 9.17) is 0 Å². The molecule has 7 heteroatoms. The lowest BCUT2D eigenvalue weighted by Crippen LogP contribution is -2.28. The number of nitrogens with zero attached hydrogens (tertiary/aromatic N) is 3. The predicted octanol–water partition coefficient (Wildman–Crippen LogP) is 5.23. The van der Waals surface area contributed by atoms with Gasteiger partial charge in [0.05, 0.1) is 17.3 Å². The maximum atomic E-state index is 13.6. The summed E-state index contributed by atoms with van der Waals surface area (Å²) in [4.78, 5) is 31.2. The first-order valence-electron chi connectivity index (χ1n) is 12.9. The lowest BCUT2D eigenvalue weighted by molar-refractivity contribution is 0.0952. The second-order valence-electron chi connectivity index (χ2n) is 10.3. The number of rotatable bonds is 9. The second kappa shape index (κ2) is 11.1. The fraction of sp³-hybridized carbons (Fsp3) is 0.367. The Morgan fingerprint density at radius 3 is 2.49 bits per heavy atom. The Labute approximate surface area is 218 Å². The topological polar surface area (TPSA) is 83.0 Å². The van der Waals surface area contributed by atoms with Gasteiger partial charge in [0.2, 0.25) is 0 Å². The molecule has 2 aromatic carbocycles. The number of pyridine rings is 1. The molecular weight excluding hydrogens is 462 g/mol. The highest BCUT2D eigenvalue weighted by atomic mass is 16.1. The van der Waals surface area contributed by atoms with Gasteiger partial charge in [-0.2, -0.15) is 5.10 Å². The number of carbonyl (C=O) groups excluding carboxylic acids is 1. The zero-order chi connectivity index (χ0) is 26.7. The second-order valence-corrected chi connectivity index (χ2v) is 10.3. The number of amides is 1. The lowest BCUT2D eigenvalue weighted by Gasteiger charge is -2.14. The minimum absolute atomic E-state index is 0.145. The standard InChI is InChI=1S/C30H37N5O2/c1-7-8-23-13-20(4)33-30(37)26(23)16-31-29(36)25-14-24(15-28-27(25)17-32-35(28)19(2)3)22-11-9-21(10-12-22)18-34(5)6/h9-15,17,19H,7-8,16,18H2,1-6H3,(H,31,36)(H,33,37). The van der Waals surface area contributed by atoms with Gasteiger partial charge in [0, 0.05) is 35.8 Å². The third-order valence-corrected chi connectivity index (χ3v) is 6.54. The first-order chi connectivity index (χ1) is 17.7. The molecule has 2 N–H and O–H groups in total. The third-order valence-electron chi connectivity index (χ3n) is 6.54. The van der Waals surface area contributed by atoms with E-state index in [1.165, 1.54) is 5.56 Å². The Kier molecular flexibility index (Phi) is 7.93. The van der Waals surface area contributed by atoms with E-state index in [-0.39, 0.29) is 24.1 Å².